The molecular formula is C13H9BrF2O. The van der Waals surface area contributed by atoms with Gasteiger partial charge >= 0.3 is 0 Å². The van der Waals surface area contributed by atoms with Gasteiger partial charge in [-0.25, -0.2) is 8.78 Å². The Balaban J connectivity index is 2.36. The Kier molecular flexibility index (Phi) is 3.54. The van der Waals surface area contributed by atoms with Gasteiger partial charge in [0.25, 0.3) is 0 Å². The van der Waals surface area contributed by atoms with E-state index >= 15 is 0 Å². The van der Waals surface area contributed by atoms with E-state index in [1.807, 2.05) is 0 Å². The topological polar surface area (TPSA) is 20.2 Å². The highest BCUT2D eigenvalue weighted by atomic mass is 79.9. The Morgan fingerprint density at radius 1 is 0.941 bits per heavy atom. The molecule has 88 valence electrons. The summed E-state index contributed by atoms with van der Waals surface area (Å²) < 4.78 is 26.1. The van der Waals surface area contributed by atoms with E-state index in [4.69, 9.17) is 0 Å². The minimum Gasteiger partial charge on any atom is -0.384 e. The van der Waals surface area contributed by atoms with Crippen LogP contribution in [0.5, 0.6) is 0 Å². The Labute approximate surface area is 106 Å². The van der Waals surface area contributed by atoms with Crippen molar-refractivity contribution in [2.24, 2.45) is 0 Å². The van der Waals surface area contributed by atoms with E-state index in [0.29, 0.717) is 15.6 Å². The molecule has 1 nitrogen and oxygen atoms in total. The normalized spacial score (nSPS) is 12.5. The standard InChI is InChI=1S/C13H9BrF2O/c14-12-7-10(16)5-6-11(12)13(17)8-1-3-9(15)4-2-8/h1-7,13,17H. The summed E-state index contributed by atoms with van der Waals surface area (Å²) in [6.45, 7) is 0. The first-order chi connectivity index (χ1) is 8.08. The predicted molar refractivity (Wildman–Crippen MR) is 64.6 cm³/mol. The number of aliphatic hydroxyl groups is 1. The lowest BCUT2D eigenvalue weighted by atomic mass is 10.0. The van der Waals surface area contributed by atoms with E-state index < -0.39 is 6.10 Å². The van der Waals surface area contributed by atoms with Crippen LogP contribution in [0.4, 0.5) is 8.78 Å². The molecular weight excluding hydrogens is 290 g/mol. The Morgan fingerprint density at radius 2 is 1.53 bits per heavy atom. The summed E-state index contributed by atoms with van der Waals surface area (Å²) in [5.41, 5.74) is 1.09. The fourth-order valence-electron chi connectivity index (χ4n) is 1.55. The van der Waals surface area contributed by atoms with Crippen molar-refractivity contribution in [2.75, 3.05) is 0 Å². The molecule has 0 radical (unpaired) electrons. The fraction of sp³-hybridized carbons (Fsp3) is 0.0769. The fourth-order valence-corrected chi connectivity index (χ4v) is 2.12. The van der Waals surface area contributed by atoms with Gasteiger partial charge in [0.1, 0.15) is 17.7 Å². The van der Waals surface area contributed by atoms with Crippen LogP contribution in [0, 0.1) is 11.6 Å². The Hall–Kier alpha value is -1.26. The predicted octanol–water partition coefficient (Wildman–Crippen LogP) is 3.81. The zero-order valence-electron chi connectivity index (χ0n) is 8.70. The molecule has 0 spiro atoms. The molecule has 1 N–H and O–H groups in total. The minimum atomic E-state index is -0.912. The lowest BCUT2D eigenvalue weighted by Gasteiger charge is -2.13. The Bertz CT molecular complexity index is 525. The summed E-state index contributed by atoms with van der Waals surface area (Å²) in [6, 6.07) is 9.58. The van der Waals surface area contributed by atoms with Crippen molar-refractivity contribution in [1.82, 2.24) is 0 Å². The van der Waals surface area contributed by atoms with Crippen LogP contribution < -0.4 is 0 Å². The largest absolute Gasteiger partial charge is 0.384 e. The molecule has 4 heteroatoms. The van der Waals surface area contributed by atoms with Gasteiger partial charge in [-0.15, -0.1) is 0 Å². The minimum absolute atomic E-state index is 0.362. The zero-order chi connectivity index (χ0) is 12.4. The zero-order valence-corrected chi connectivity index (χ0v) is 10.3. The van der Waals surface area contributed by atoms with Crippen LogP contribution in [0.3, 0.4) is 0 Å². The highest BCUT2D eigenvalue weighted by Crippen LogP contribution is 2.29. The smallest absolute Gasteiger partial charge is 0.124 e. The van der Waals surface area contributed by atoms with Crippen LogP contribution in [0.2, 0.25) is 0 Å². The molecule has 2 aromatic carbocycles. The molecule has 0 aliphatic heterocycles. The molecule has 0 saturated carbocycles. The van der Waals surface area contributed by atoms with Crippen LogP contribution in [-0.2, 0) is 0 Å². The number of hydrogen-bond donors (Lipinski definition) is 1. The first-order valence-electron chi connectivity index (χ1n) is 4.96. The molecule has 0 saturated heterocycles. The number of aliphatic hydroxyl groups excluding tert-OH is 1. The maximum absolute atomic E-state index is 12.9. The van der Waals surface area contributed by atoms with Gasteiger partial charge < -0.3 is 5.11 Å². The molecule has 2 aromatic rings. The van der Waals surface area contributed by atoms with Crippen LogP contribution in [0.25, 0.3) is 0 Å². The Morgan fingerprint density at radius 3 is 2.12 bits per heavy atom. The second-order valence-electron chi connectivity index (χ2n) is 3.62. The average Bonchev–Trinajstić information content (AvgIpc) is 2.29. The SMILES string of the molecule is OC(c1ccc(F)cc1)c1ccc(F)cc1Br. The molecule has 0 bridgehead atoms. The third-order valence-electron chi connectivity index (χ3n) is 2.44. The number of halogens is 3. The molecule has 0 heterocycles. The first-order valence-corrected chi connectivity index (χ1v) is 5.75. The highest BCUT2D eigenvalue weighted by Gasteiger charge is 2.14. The van der Waals surface area contributed by atoms with Crippen LogP contribution in [0.1, 0.15) is 17.2 Å². The summed E-state index contributed by atoms with van der Waals surface area (Å²) >= 11 is 3.19. The maximum Gasteiger partial charge on any atom is 0.124 e. The second-order valence-corrected chi connectivity index (χ2v) is 4.47. The van der Waals surface area contributed by atoms with Crippen molar-refractivity contribution in [3.05, 3.63) is 69.7 Å². The van der Waals surface area contributed by atoms with Crippen molar-refractivity contribution in [3.8, 4) is 0 Å². The maximum atomic E-state index is 12.9. The van der Waals surface area contributed by atoms with Crippen molar-refractivity contribution in [3.63, 3.8) is 0 Å². The third kappa shape index (κ3) is 2.70. The van der Waals surface area contributed by atoms with E-state index in [1.54, 1.807) is 0 Å². The summed E-state index contributed by atoms with van der Waals surface area (Å²) in [4.78, 5) is 0. The lowest BCUT2D eigenvalue weighted by Crippen LogP contribution is -2.01. The van der Waals surface area contributed by atoms with E-state index in [-0.39, 0.29) is 11.6 Å². The second kappa shape index (κ2) is 4.94. The van der Waals surface area contributed by atoms with Gasteiger partial charge in [-0.2, -0.15) is 0 Å². The van der Waals surface area contributed by atoms with Crippen molar-refractivity contribution >= 4 is 15.9 Å². The lowest BCUT2D eigenvalue weighted by molar-refractivity contribution is 0.219. The van der Waals surface area contributed by atoms with Crippen LogP contribution in [-0.4, -0.2) is 5.11 Å². The molecule has 0 fully saturated rings. The molecule has 1 unspecified atom stereocenters. The van der Waals surface area contributed by atoms with E-state index in [0.717, 1.165) is 0 Å². The summed E-state index contributed by atoms with van der Waals surface area (Å²) in [7, 11) is 0. The van der Waals surface area contributed by atoms with E-state index in [1.165, 1.54) is 42.5 Å². The van der Waals surface area contributed by atoms with Crippen LogP contribution in [0.15, 0.2) is 46.9 Å². The van der Waals surface area contributed by atoms with Gasteiger partial charge in [0.15, 0.2) is 0 Å². The van der Waals surface area contributed by atoms with Crippen molar-refractivity contribution in [1.29, 1.82) is 0 Å². The molecule has 17 heavy (non-hydrogen) atoms. The molecule has 0 aliphatic rings. The number of rotatable bonds is 2. The first kappa shape index (κ1) is 12.2. The summed E-state index contributed by atoms with van der Waals surface area (Å²) in [6.07, 6.45) is -0.912. The van der Waals surface area contributed by atoms with Gasteiger partial charge in [0, 0.05) is 4.47 Å². The highest BCUT2D eigenvalue weighted by molar-refractivity contribution is 9.10. The van der Waals surface area contributed by atoms with Gasteiger partial charge in [-0.05, 0) is 35.4 Å². The van der Waals surface area contributed by atoms with Gasteiger partial charge in [-0.3, -0.25) is 0 Å². The van der Waals surface area contributed by atoms with Gasteiger partial charge in [0.05, 0.1) is 0 Å². The van der Waals surface area contributed by atoms with E-state index in [2.05, 4.69) is 15.9 Å². The summed E-state index contributed by atoms with van der Waals surface area (Å²) in [5, 5.41) is 10.1. The molecule has 0 aromatic heterocycles. The molecule has 0 aliphatic carbocycles. The molecule has 1 atom stereocenters. The van der Waals surface area contributed by atoms with Crippen LogP contribution >= 0.6 is 15.9 Å². The monoisotopic (exact) mass is 298 g/mol. The molecule has 0 amide bonds. The average molecular weight is 299 g/mol. The van der Waals surface area contributed by atoms with E-state index in [9.17, 15) is 13.9 Å². The molecule has 2 rings (SSSR count). The van der Waals surface area contributed by atoms with Crippen molar-refractivity contribution in [2.45, 2.75) is 6.10 Å². The van der Waals surface area contributed by atoms with Gasteiger partial charge in [-0.1, -0.05) is 34.1 Å². The quantitative estimate of drug-likeness (QED) is 0.894. The van der Waals surface area contributed by atoms with Crippen molar-refractivity contribution < 1.29 is 13.9 Å². The van der Waals surface area contributed by atoms with Gasteiger partial charge in [0.2, 0.25) is 0 Å². The number of benzene rings is 2. The number of hydrogen-bond acceptors (Lipinski definition) is 1. The third-order valence-corrected chi connectivity index (χ3v) is 3.13. The summed E-state index contributed by atoms with van der Waals surface area (Å²) in [5.74, 6) is -0.744.